The number of hydrogen-bond acceptors (Lipinski definition) is 2. The molecule has 112 valence electrons. The number of urea groups is 1. The Morgan fingerprint density at radius 3 is 2.36 bits per heavy atom. The molecule has 2 aromatic rings. The Kier molecular flexibility index (Phi) is 3.83. The van der Waals surface area contributed by atoms with Gasteiger partial charge in [0.2, 0.25) is 0 Å². The second kappa shape index (κ2) is 5.93. The van der Waals surface area contributed by atoms with E-state index in [4.69, 9.17) is 4.74 Å². The highest BCUT2D eigenvalue weighted by Gasteiger charge is 2.37. The van der Waals surface area contributed by atoms with Gasteiger partial charge in [0, 0.05) is 11.4 Å². The van der Waals surface area contributed by atoms with Crippen LogP contribution >= 0.6 is 0 Å². The summed E-state index contributed by atoms with van der Waals surface area (Å²) in [6, 6.07) is 17.1. The summed E-state index contributed by atoms with van der Waals surface area (Å²) in [7, 11) is 1.63. The van der Waals surface area contributed by atoms with Crippen molar-refractivity contribution >= 4 is 17.4 Å². The van der Waals surface area contributed by atoms with Crippen molar-refractivity contribution < 1.29 is 9.53 Å². The van der Waals surface area contributed by atoms with Gasteiger partial charge in [0.05, 0.1) is 19.7 Å². The van der Waals surface area contributed by atoms with Crippen LogP contribution in [-0.2, 0) is 0 Å². The molecule has 0 spiro atoms. The van der Waals surface area contributed by atoms with Crippen LogP contribution in [0.2, 0.25) is 0 Å². The number of nitrogens with zero attached hydrogens (tertiary/aromatic N) is 2. The largest absolute Gasteiger partial charge is 0.497 e. The topological polar surface area (TPSA) is 32.8 Å². The lowest BCUT2D eigenvalue weighted by Crippen LogP contribution is -2.34. The lowest BCUT2D eigenvalue weighted by atomic mass is 10.2. The SMILES string of the molecule is C=C[C@H]1CN(c2ccc(OC)cc2)C(=O)N1c1ccccc1. The number of carbonyl (C=O) groups is 1. The molecule has 4 heteroatoms. The summed E-state index contributed by atoms with van der Waals surface area (Å²) in [6.07, 6.45) is 1.81. The van der Waals surface area contributed by atoms with Crippen molar-refractivity contribution in [2.45, 2.75) is 6.04 Å². The molecular formula is C18H18N2O2. The van der Waals surface area contributed by atoms with Gasteiger partial charge >= 0.3 is 6.03 Å². The molecule has 1 atom stereocenters. The lowest BCUT2D eigenvalue weighted by molar-refractivity contribution is 0.255. The van der Waals surface area contributed by atoms with E-state index in [0.29, 0.717) is 6.54 Å². The van der Waals surface area contributed by atoms with Crippen molar-refractivity contribution in [3.05, 3.63) is 67.3 Å². The molecule has 1 saturated heterocycles. The number of anilines is 2. The Morgan fingerprint density at radius 2 is 1.77 bits per heavy atom. The zero-order chi connectivity index (χ0) is 15.5. The number of hydrogen-bond donors (Lipinski definition) is 0. The van der Waals surface area contributed by atoms with Crippen LogP contribution in [0.5, 0.6) is 5.75 Å². The van der Waals surface area contributed by atoms with Crippen molar-refractivity contribution in [1.82, 2.24) is 0 Å². The molecule has 1 heterocycles. The van der Waals surface area contributed by atoms with Gasteiger partial charge in [0.15, 0.2) is 0 Å². The van der Waals surface area contributed by atoms with Crippen LogP contribution in [0.25, 0.3) is 0 Å². The second-order valence-corrected chi connectivity index (χ2v) is 5.10. The zero-order valence-corrected chi connectivity index (χ0v) is 12.5. The predicted octanol–water partition coefficient (Wildman–Crippen LogP) is 3.70. The Morgan fingerprint density at radius 1 is 1.09 bits per heavy atom. The number of rotatable bonds is 4. The number of amides is 2. The molecule has 2 amide bonds. The molecule has 0 aliphatic carbocycles. The van der Waals surface area contributed by atoms with E-state index in [1.165, 1.54) is 0 Å². The molecule has 0 bridgehead atoms. The maximum absolute atomic E-state index is 12.8. The fourth-order valence-corrected chi connectivity index (χ4v) is 2.67. The van der Waals surface area contributed by atoms with E-state index in [-0.39, 0.29) is 12.1 Å². The first kappa shape index (κ1) is 14.2. The van der Waals surface area contributed by atoms with E-state index < -0.39 is 0 Å². The normalized spacial score (nSPS) is 17.7. The Labute approximate surface area is 130 Å². The minimum absolute atomic E-state index is 0.0405. The van der Waals surface area contributed by atoms with Crippen LogP contribution < -0.4 is 14.5 Å². The average Bonchev–Trinajstić information content (AvgIpc) is 2.92. The van der Waals surface area contributed by atoms with E-state index in [2.05, 4.69) is 6.58 Å². The van der Waals surface area contributed by atoms with Gasteiger partial charge in [-0.25, -0.2) is 4.79 Å². The summed E-state index contributed by atoms with van der Waals surface area (Å²) >= 11 is 0. The van der Waals surface area contributed by atoms with E-state index >= 15 is 0 Å². The third-order valence-electron chi connectivity index (χ3n) is 3.83. The summed E-state index contributed by atoms with van der Waals surface area (Å²) in [6.45, 7) is 4.45. The third-order valence-corrected chi connectivity index (χ3v) is 3.83. The number of para-hydroxylation sites is 1. The van der Waals surface area contributed by atoms with Crippen LogP contribution in [0.3, 0.4) is 0 Å². The van der Waals surface area contributed by atoms with Gasteiger partial charge in [-0.3, -0.25) is 9.80 Å². The Bertz CT molecular complexity index is 667. The number of methoxy groups -OCH3 is 1. The minimum atomic E-state index is -0.0444. The molecule has 0 unspecified atom stereocenters. The Balaban J connectivity index is 1.91. The average molecular weight is 294 g/mol. The van der Waals surface area contributed by atoms with E-state index in [1.54, 1.807) is 16.9 Å². The van der Waals surface area contributed by atoms with Gasteiger partial charge in [-0.2, -0.15) is 0 Å². The smallest absolute Gasteiger partial charge is 0.329 e. The molecule has 22 heavy (non-hydrogen) atoms. The fraction of sp³-hybridized carbons (Fsp3) is 0.167. The molecule has 4 nitrogen and oxygen atoms in total. The van der Waals surface area contributed by atoms with Crippen LogP contribution in [0, 0.1) is 0 Å². The van der Waals surface area contributed by atoms with Gasteiger partial charge in [0.1, 0.15) is 5.75 Å². The van der Waals surface area contributed by atoms with E-state index in [0.717, 1.165) is 17.1 Å². The molecule has 0 radical (unpaired) electrons. The summed E-state index contributed by atoms with van der Waals surface area (Å²) in [5.74, 6) is 0.774. The van der Waals surface area contributed by atoms with Crippen molar-refractivity contribution in [3.8, 4) is 5.75 Å². The first-order chi connectivity index (χ1) is 10.7. The molecular weight excluding hydrogens is 276 g/mol. The van der Waals surface area contributed by atoms with Crippen LogP contribution in [-0.4, -0.2) is 25.7 Å². The molecule has 1 aliphatic rings. The predicted molar refractivity (Wildman–Crippen MR) is 88.6 cm³/mol. The zero-order valence-electron chi connectivity index (χ0n) is 12.5. The summed E-state index contributed by atoms with van der Waals surface area (Å²) in [5.41, 5.74) is 1.74. The molecule has 1 aliphatic heterocycles. The second-order valence-electron chi connectivity index (χ2n) is 5.10. The third kappa shape index (κ3) is 2.44. The van der Waals surface area contributed by atoms with Crippen LogP contribution in [0.15, 0.2) is 67.3 Å². The number of ether oxygens (including phenoxy) is 1. The molecule has 0 aromatic heterocycles. The summed E-state index contributed by atoms with van der Waals surface area (Å²) in [5, 5.41) is 0. The lowest BCUT2D eigenvalue weighted by Gasteiger charge is -2.21. The van der Waals surface area contributed by atoms with Crippen molar-refractivity contribution in [2.75, 3.05) is 23.5 Å². The quantitative estimate of drug-likeness (QED) is 0.806. The van der Waals surface area contributed by atoms with Crippen molar-refractivity contribution in [2.24, 2.45) is 0 Å². The fourth-order valence-electron chi connectivity index (χ4n) is 2.67. The first-order valence-corrected chi connectivity index (χ1v) is 7.17. The van der Waals surface area contributed by atoms with Crippen molar-refractivity contribution in [3.63, 3.8) is 0 Å². The van der Waals surface area contributed by atoms with E-state index in [1.807, 2.05) is 60.7 Å². The Hall–Kier alpha value is -2.75. The van der Waals surface area contributed by atoms with Gasteiger partial charge in [0.25, 0.3) is 0 Å². The van der Waals surface area contributed by atoms with Crippen LogP contribution in [0.4, 0.5) is 16.2 Å². The molecule has 3 rings (SSSR count). The highest BCUT2D eigenvalue weighted by atomic mass is 16.5. The van der Waals surface area contributed by atoms with Gasteiger partial charge in [-0.05, 0) is 36.4 Å². The molecule has 0 N–H and O–H groups in total. The van der Waals surface area contributed by atoms with Gasteiger partial charge < -0.3 is 4.74 Å². The maximum atomic E-state index is 12.8. The van der Waals surface area contributed by atoms with Gasteiger partial charge in [-0.1, -0.05) is 24.3 Å². The highest BCUT2D eigenvalue weighted by Crippen LogP contribution is 2.30. The molecule has 1 fully saturated rings. The molecule has 2 aromatic carbocycles. The monoisotopic (exact) mass is 294 g/mol. The highest BCUT2D eigenvalue weighted by molar-refractivity contribution is 6.07. The van der Waals surface area contributed by atoms with Gasteiger partial charge in [-0.15, -0.1) is 6.58 Å². The summed E-state index contributed by atoms with van der Waals surface area (Å²) < 4.78 is 5.16. The number of carbonyl (C=O) groups excluding carboxylic acids is 1. The maximum Gasteiger partial charge on any atom is 0.329 e. The standard InChI is InChI=1S/C18H18N2O2/c1-3-14-13-19(15-9-11-17(22-2)12-10-15)18(21)20(14)16-7-5-4-6-8-16/h3-12,14H,1,13H2,2H3/t14-/m0/s1. The summed E-state index contributed by atoms with van der Waals surface area (Å²) in [4.78, 5) is 16.3. The molecule has 0 saturated carbocycles. The van der Waals surface area contributed by atoms with Crippen molar-refractivity contribution in [1.29, 1.82) is 0 Å². The van der Waals surface area contributed by atoms with Crippen LogP contribution in [0.1, 0.15) is 0 Å². The number of benzene rings is 2. The first-order valence-electron chi connectivity index (χ1n) is 7.17. The minimum Gasteiger partial charge on any atom is -0.497 e. The van der Waals surface area contributed by atoms with E-state index in [9.17, 15) is 4.79 Å².